The van der Waals surface area contributed by atoms with Crippen LogP contribution in [-0.2, 0) is 0 Å². The Hall–Kier alpha value is -1.83. The third kappa shape index (κ3) is 1.67. The molecule has 0 aliphatic heterocycles. The molecule has 0 aromatic heterocycles. The zero-order chi connectivity index (χ0) is 11.0. The van der Waals surface area contributed by atoms with Gasteiger partial charge in [0.2, 0.25) is 0 Å². The fourth-order valence-electron chi connectivity index (χ4n) is 1.91. The molecule has 2 aromatic carbocycles. The lowest BCUT2D eigenvalue weighted by atomic mass is 10.0. The van der Waals surface area contributed by atoms with Crippen molar-refractivity contribution in [1.29, 1.82) is 0 Å². The molecule has 0 unspecified atom stereocenters. The fourth-order valence-corrected chi connectivity index (χ4v) is 1.91. The second-order valence-electron chi connectivity index (χ2n) is 4.27. The van der Waals surface area contributed by atoms with Crippen molar-refractivity contribution in [2.45, 2.75) is 18.9 Å². The van der Waals surface area contributed by atoms with E-state index in [2.05, 4.69) is 5.32 Å². The Morgan fingerprint density at radius 1 is 1.06 bits per heavy atom. The minimum atomic E-state index is 0.0549. The van der Waals surface area contributed by atoms with Gasteiger partial charge in [-0.3, -0.25) is 4.79 Å². The summed E-state index contributed by atoms with van der Waals surface area (Å²) < 4.78 is 0. The quantitative estimate of drug-likeness (QED) is 0.813. The molecule has 0 bridgehead atoms. The van der Waals surface area contributed by atoms with Crippen LogP contribution in [0.2, 0.25) is 0 Å². The molecule has 1 saturated carbocycles. The molecule has 0 saturated heterocycles. The molecule has 80 valence electrons. The molecule has 0 heterocycles. The van der Waals surface area contributed by atoms with E-state index in [4.69, 9.17) is 0 Å². The number of benzene rings is 2. The lowest BCUT2D eigenvalue weighted by molar-refractivity contribution is 0.0953. The van der Waals surface area contributed by atoms with Crippen molar-refractivity contribution >= 4 is 16.7 Å². The molecule has 3 rings (SSSR count). The minimum Gasteiger partial charge on any atom is -0.349 e. The molecule has 0 atom stereocenters. The molecule has 2 nitrogen and oxygen atoms in total. The van der Waals surface area contributed by atoms with E-state index in [-0.39, 0.29) is 5.91 Å². The molecule has 1 aliphatic rings. The number of carbonyl (C=O) groups excluding carboxylic acids is 1. The highest BCUT2D eigenvalue weighted by Gasteiger charge is 2.24. The number of amides is 1. The monoisotopic (exact) mass is 211 g/mol. The molecule has 1 fully saturated rings. The van der Waals surface area contributed by atoms with E-state index >= 15 is 0 Å². The predicted octanol–water partition coefficient (Wildman–Crippen LogP) is 2.73. The van der Waals surface area contributed by atoms with Crippen LogP contribution < -0.4 is 5.32 Å². The van der Waals surface area contributed by atoms with Crippen molar-refractivity contribution in [2.24, 2.45) is 0 Å². The summed E-state index contributed by atoms with van der Waals surface area (Å²) in [5.74, 6) is 0.0549. The summed E-state index contributed by atoms with van der Waals surface area (Å²) in [6, 6.07) is 14.3. The van der Waals surface area contributed by atoms with Gasteiger partial charge in [0.1, 0.15) is 0 Å². The summed E-state index contributed by atoms with van der Waals surface area (Å²) in [5, 5.41) is 5.17. The van der Waals surface area contributed by atoms with Gasteiger partial charge in [-0.25, -0.2) is 0 Å². The molecule has 2 aromatic rings. The van der Waals surface area contributed by atoms with Crippen LogP contribution in [0.25, 0.3) is 10.8 Å². The first-order valence-electron chi connectivity index (χ1n) is 5.63. The lowest BCUT2D eigenvalue weighted by Crippen LogP contribution is -2.25. The molecule has 16 heavy (non-hydrogen) atoms. The van der Waals surface area contributed by atoms with Gasteiger partial charge in [0.25, 0.3) is 5.91 Å². The summed E-state index contributed by atoms with van der Waals surface area (Å²) >= 11 is 0. The van der Waals surface area contributed by atoms with E-state index in [1.54, 1.807) is 0 Å². The van der Waals surface area contributed by atoms with Gasteiger partial charge in [-0.1, -0.05) is 36.4 Å². The number of carbonyl (C=O) groups is 1. The third-order valence-corrected chi connectivity index (χ3v) is 2.95. The zero-order valence-electron chi connectivity index (χ0n) is 8.94. The average Bonchev–Trinajstić information content (AvgIpc) is 3.12. The summed E-state index contributed by atoms with van der Waals surface area (Å²) in [7, 11) is 0. The maximum atomic E-state index is 12.0. The zero-order valence-corrected chi connectivity index (χ0v) is 8.94. The largest absolute Gasteiger partial charge is 0.349 e. The van der Waals surface area contributed by atoms with Crippen molar-refractivity contribution in [3.8, 4) is 0 Å². The Bertz CT molecular complexity index is 538. The summed E-state index contributed by atoms with van der Waals surface area (Å²) in [6.45, 7) is 0. The first-order valence-corrected chi connectivity index (χ1v) is 5.63. The summed E-state index contributed by atoms with van der Waals surface area (Å²) in [4.78, 5) is 12.0. The highest BCUT2D eigenvalue weighted by molar-refractivity contribution is 6.07. The molecular weight excluding hydrogens is 198 g/mol. The topological polar surface area (TPSA) is 29.1 Å². The standard InChI is InChI=1S/C14H13NO/c16-14(15-11-8-9-11)13-7-3-5-10-4-1-2-6-12(10)13/h1-7,11H,8-9H2,(H,15,16). The molecule has 2 heteroatoms. The maximum absolute atomic E-state index is 12.0. The minimum absolute atomic E-state index is 0.0549. The van der Waals surface area contributed by atoms with Gasteiger partial charge < -0.3 is 5.32 Å². The number of hydrogen-bond acceptors (Lipinski definition) is 1. The maximum Gasteiger partial charge on any atom is 0.252 e. The molecule has 1 aliphatic carbocycles. The molecule has 1 amide bonds. The van der Waals surface area contributed by atoms with Crippen molar-refractivity contribution in [3.63, 3.8) is 0 Å². The Morgan fingerprint density at radius 2 is 1.81 bits per heavy atom. The van der Waals surface area contributed by atoms with Crippen molar-refractivity contribution < 1.29 is 4.79 Å². The van der Waals surface area contributed by atoms with Crippen LogP contribution in [0.5, 0.6) is 0 Å². The highest BCUT2D eigenvalue weighted by Crippen LogP contribution is 2.22. The SMILES string of the molecule is O=C(NC1CC1)c1cccc2ccccc12. The van der Waals surface area contributed by atoms with E-state index in [0.29, 0.717) is 6.04 Å². The Balaban J connectivity index is 2.04. The lowest BCUT2D eigenvalue weighted by Gasteiger charge is -2.06. The molecule has 0 radical (unpaired) electrons. The van der Waals surface area contributed by atoms with E-state index < -0.39 is 0 Å². The number of rotatable bonds is 2. The number of fused-ring (bicyclic) bond motifs is 1. The Labute approximate surface area is 94.3 Å². The second-order valence-corrected chi connectivity index (χ2v) is 4.27. The number of nitrogens with one attached hydrogen (secondary N) is 1. The normalized spacial score (nSPS) is 15.0. The molecular formula is C14H13NO. The third-order valence-electron chi connectivity index (χ3n) is 2.95. The van der Waals surface area contributed by atoms with Crippen LogP contribution >= 0.6 is 0 Å². The van der Waals surface area contributed by atoms with Crippen molar-refractivity contribution in [3.05, 3.63) is 48.0 Å². The van der Waals surface area contributed by atoms with Gasteiger partial charge in [-0.05, 0) is 29.7 Å². The van der Waals surface area contributed by atoms with Gasteiger partial charge in [0, 0.05) is 11.6 Å². The van der Waals surface area contributed by atoms with Crippen LogP contribution in [0.15, 0.2) is 42.5 Å². The van der Waals surface area contributed by atoms with Crippen LogP contribution in [0.4, 0.5) is 0 Å². The van der Waals surface area contributed by atoms with Gasteiger partial charge >= 0.3 is 0 Å². The Kier molecular flexibility index (Phi) is 2.13. The van der Waals surface area contributed by atoms with E-state index in [0.717, 1.165) is 29.2 Å². The van der Waals surface area contributed by atoms with Crippen LogP contribution in [0, 0.1) is 0 Å². The van der Waals surface area contributed by atoms with Crippen LogP contribution in [0.1, 0.15) is 23.2 Å². The number of hydrogen-bond donors (Lipinski definition) is 1. The van der Waals surface area contributed by atoms with Gasteiger partial charge in [-0.15, -0.1) is 0 Å². The van der Waals surface area contributed by atoms with Crippen molar-refractivity contribution in [1.82, 2.24) is 5.32 Å². The van der Waals surface area contributed by atoms with Gasteiger partial charge in [-0.2, -0.15) is 0 Å². The van der Waals surface area contributed by atoms with Crippen molar-refractivity contribution in [2.75, 3.05) is 0 Å². The fraction of sp³-hybridized carbons (Fsp3) is 0.214. The average molecular weight is 211 g/mol. The van der Waals surface area contributed by atoms with Crippen LogP contribution in [0.3, 0.4) is 0 Å². The summed E-state index contributed by atoms with van der Waals surface area (Å²) in [5.41, 5.74) is 0.782. The van der Waals surface area contributed by atoms with E-state index in [1.807, 2.05) is 42.5 Å². The predicted molar refractivity (Wildman–Crippen MR) is 64.4 cm³/mol. The van der Waals surface area contributed by atoms with Gasteiger partial charge in [0.15, 0.2) is 0 Å². The highest BCUT2D eigenvalue weighted by atomic mass is 16.1. The molecule has 1 N–H and O–H groups in total. The first-order chi connectivity index (χ1) is 7.84. The van der Waals surface area contributed by atoms with E-state index in [9.17, 15) is 4.79 Å². The Morgan fingerprint density at radius 3 is 2.62 bits per heavy atom. The second kappa shape index (κ2) is 3.63. The van der Waals surface area contributed by atoms with Gasteiger partial charge in [0.05, 0.1) is 0 Å². The van der Waals surface area contributed by atoms with Crippen LogP contribution in [-0.4, -0.2) is 11.9 Å². The summed E-state index contributed by atoms with van der Waals surface area (Å²) in [6.07, 6.45) is 2.24. The molecule has 0 spiro atoms. The van der Waals surface area contributed by atoms with E-state index in [1.165, 1.54) is 0 Å². The first kappa shape index (κ1) is 9.40. The smallest absolute Gasteiger partial charge is 0.252 e.